The lowest BCUT2D eigenvalue weighted by Crippen LogP contribution is -2.29. The molecule has 1 atom stereocenters. The highest BCUT2D eigenvalue weighted by molar-refractivity contribution is 7.16. The summed E-state index contributed by atoms with van der Waals surface area (Å²) in [4.78, 5) is 24.7. The normalized spacial score (nSPS) is 15.5. The van der Waals surface area contributed by atoms with E-state index in [1.807, 2.05) is 0 Å². The fourth-order valence-corrected chi connectivity index (χ4v) is 4.42. The molecule has 2 aromatic heterocycles. The van der Waals surface area contributed by atoms with E-state index in [0.29, 0.717) is 29.2 Å². The standard InChI is InChI=1S/C20H21N3O5S/c21-11-16-15-5-3-13(12-28-20(26)22-7-8-24)10-17(15)29-19(16)23-18(25)6-4-14-2-1-9-27-14/h1-2,4,6,9,13,24H,3,5,7-8,10,12H2,(H,22,26)(H,23,25)/b6-4+. The predicted molar refractivity (Wildman–Crippen MR) is 107 cm³/mol. The molecule has 0 radical (unpaired) electrons. The molecule has 2 amide bonds. The largest absolute Gasteiger partial charge is 0.465 e. The third-order valence-corrected chi connectivity index (χ3v) is 5.66. The number of aliphatic hydroxyl groups excluding tert-OH is 1. The number of anilines is 1. The van der Waals surface area contributed by atoms with Crippen LogP contribution >= 0.6 is 11.3 Å². The first-order valence-electron chi connectivity index (χ1n) is 9.19. The van der Waals surface area contributed by atoms with Crippen LogP contribution < -0.4 is 10.6 Å². The highest BCUT2D eigenvalue weighted by Gasteiger charge is 2.27. The summed E-state index contributed by atoms with van der Waals surface area (Å²) in [6.45, 7) is 0.283. The number of nitriles is 1. The van der Waals surface area contributed by atoms with Crippen LogP contribution in [-0.4, -0.2) is 36.9 Å². The van der Waals surface area contributed by atoms with Gasteiger partial charge in [0.05, 0.1) is 25.0 Å². The molecule has 0 saturated heterocycles. The van der Waals surface area contributed by atoms with Crippen molar-refractivity contribution >= 4 is 34.4 Å². The Morgan fingerprint density at radius 2 is 2.34 bits per heavy atom. The number of hydrogen-bond donors (Lipinski definition) is 3. The van der Waals surface area contributed by atoms with E-state index in [1.54, 1.807) is 18.2 Å². The minimum absolute atomic E-state index is 0.140. The van der Waals surface area contributed by atoms with Crippen LogP contribution in [0.5, 0.6) is 0 Å². The van der Waals surface area contributed by atoms with Crippen molar-refractivity contribution < 1.29 is 23.8 Å². The van der Waals surface area contributed by atoms with Crippen molar-refractivity contribution in [1.82, 2.24) is 5.32 Å². The van der Waals surface area contributed by atoms with Crippen molar-refractivity contribution in [3.8, 4) is 6.07 Å². The molecule has 0 aliphatic heterocycles. The lowest BCUT2D eigenvalue weighted by atomic mass is 9.88. The summed E-state index contributed by atoms with van der Waals surface area (Å²) in [5, 5.41) is 24.0. The van der Waals surface area contributed by atoms with Crippen molar-refractivity contribution in [2.45, 2.75) is 19.3 Å². The van der Waals surface area contributed by atoms with Crippen LogP contribution in [0.2, 0.25) is 0 Å². The second kappa shape index (κ2) is 9.91. The van der Waals surface area contributed by atoms with Gasteiger partial charge in [-0.3, -0.25) is 4.79 Å². The highest BCUT2D eigenvalue weighted by Crippen LogP contribution is 2.39. The van der Waals surface area contributed by atoms with Crippen LogP contribution in [0.15, 0.2) is 28.9 Å². The SMILES string of the molecule is N#Cc1c(NC(=O)/C=C/c2ccco2)sc2c1CCC(COC(=O)NCCO)C2. The highest BCUT2D eigenvalue weighted by atomic mass is 32.1. The minimum Gasteiger partial charge on any atom is -0.465 e. The molecule has 1 aliphatic carbocycles. The Kier molecular flexibility index (Phi) is 7.05. The number of rotatable bonds is 7. The Labute approximate surface area is 171 Å². The Balaban J connectivity index is 1.61. The zero-order chi connectivity index (χ0) is 20.6. The van der Waals surface area contributed by atoms with E-state index < -0.39 is 6.09 Å². The fraction of sp³-hybridized carbons (Fsp3) is 0.350. The zero-order valence-corrected chi connectivity index (χ0v) is 16.5. The van der Waals surface area contributed by atoms with Crippen molar-refractivity contribution in [2.75, 3.05) is 25.1 Å². The maximum atomic E-state index is 12.2. The molecular weight excluding hydrogens is 394 g/mol. The van der Waals surface area contributed by atoms with E-state index in [4.69, 9.17) is 14.3 Å². The van der Waals surface area contributed by atoms with Crippen LogP contribution in [0.4, 0.5) is 9.80 Å². The monoisotopic (exact) mass is 415 g/mol. The van der Waals surface area contributed by atoms with Gasteiger partial charge in [0.1, 0.15) is 16.8 Å². The number of alkyl carbamates (subject to hydrolysis) is 1. The summed E-state index contributed by atoms with van der Waals surface area (Å²) in [7, 11) is 0. The lowest BCUT2D eigenvalue weighted by Gasteiger charge is -2.21. The first-order valence-corrected chi connectivity index (χ1v) is 10.0. The number of furan rings is 1. The van der Waals surface area contributed by atoms with Crippen molar-refractivity contribution in [2.24, 2.45) is 5.92 Å². The molecule has 8 nitrogen and oxygen atoms in total. The maximum Gasteiger partial charge on any atom is 0.407 e. The van der Waals surface area contributed by atoms with Crippen LogP contribution in [0.3, 0.4) is 0 Å². The number of aliphatic hydroxyl groups is 1. The Morgan fingerprint density at radius 3 is 3.07 bits per heavy atom. The van der Waals surface area contributed by atoms with Gasteiger partial charge in [-0.1, -0.05) is 0 Å². The number of nitrogens with one attached hydrogen (secondary N) is 2. The molecule has 0 spiro atoms. The van der Waals surface area contributed by atoms with Gasteiger partial charge in [0.25, 0.3) is 0 Å². The third-order valence-electron chi connectivity index (χ3n) is 4.49. The molecule has 0 aromatic carbocycles. The van der Waals surface area contributed by atoms with Gasteiger partial charge in [-0.25, -0.2) is 4.79 Å². The zero-order valence-electron chi connectivity index (χ0n) is 15.6. The van der Waals surface area contributed by atoms with Gasteiger partial charge >= 0.3 is 6.09 Å². The van der Waals surface area contributed by atoms with Gasteiger partial charge in [-0.05, 0) is 49.0 Å². The van der Waals surface area contributed by atoms with Crippen LogP contribution in [0, 0.1) is 17.2 Å². The van der Waals surface area contributed by atoms with Crippen LogP contribution in [0.25, 0.3) is 6.08 Å². The summed E-state index contributed by atoms with van der Waals surface area (Å²) in [5.74, 6) is 0.379. The van der Waals surface area contributed by atoms with E-state index in [1.165, 1.54) is 23.7 Å². The molecule has 3 rings (SSSR count). The van der Waals surface area contributed by atoms with Crippen LogP contribution in [0.1, 0.15) is 28.2 Å². The van der Waals surface area contributed by atoms with Crippen molar-refractivity contribution in [1.29, 1.82) is 5.26 Å². The van der Waals surface area contributed by atoms with Crippen molar-refractivity contribution in [3.63, 3.8) is 0 Å². The Hall–Kier alpha value is -3.09. The van der Waals surface area contributed by atoms with E-state index in [0.717, 1.165) is 16.9 Å². The molecule has 2 aromatic rings. The summed E-state index contributed by atoms with van der Waals surface area (Å²) in [6.07, 6.45) is 6.06. The molecular formula is C20H21N3O5S. The van der Waals surface area contributed by atoms with Gasteiger partial charge in [0, 0.05) is 17.5 Å². The quantitative estimate of drug-likeness (QED) is 0.597. The molecule has 2 heterocycles. The van der Waals surface area contributed by atoms with Gasteiger partial charge in [0.15, 0.2) is 0 Å². The number of thiophene rings is 1. The number of ether oxygens (including phenoxy) is 1. The number of nitrogens with zero attached hydrogens (tertiary/aromatic N) is 1. The molecule has 29 heavy (non-hydrogen) atoms. The van der Waals surface area contributed by atoms with Crippen LogP contribution in [-0.2, 0) is 22.4 Å². The average molecular weight is 415 g/mol. The molecule has 0 fully saturated rings. The Morgan fingerprint density at radius 1 is 1.48 bits per heavy atom. The summed E-state index contributed by atoms with van der Waals surface area (Å²) in [6, 6.07) is 5.67. The number of amides is 2. The number of carbonyl (C=O) groups excluding carboxylic acids is 2. The minimum atomic E-state index is -0.551. The molecule has 9 heteroatoms. The van der Waals surface area contributed by atoms with E-state index in [9.17, 15) is 14.9 Å². The second-order valence-electron chi connectivity index (χ2n) is 6.52. The average Bonchev–Trinajstić information content (AvgIpc) is 3.35. The predicted octanol–water partition coefficient (Wildman–Crippen LogP) is 2.69. The molecule has 1 aliphatic rings. The third kappa shape index (κ3) is 5.47. The van der Waals surface area contributed by atoms with Gasteiger partial charge in [-0.2, -0.15) is 5.26 Å². The second-order valence-corrected chi connectivity index (χ2v) is 7.62. The number of carbonyl (C=O) groups is 2. The smallest absolute Gasteiger partial charge is 0.407 e. The molecule has 152 valence electrons. The van der Waals surface area contributed by atoms with Crippen molar-refractivity contribution in [3.05, 3.63) is 46.2 Å². The summed E-state index contributed by atoms with van der Waals surface area (Å²) >= 11 is 1.39. The number of hydrogen-bond acceptors (Lipinski definition) is 7. The first-order chi connectivity index (χ1) is 14.1. The first kappa shape index (κ1) is 20.6. The molecule has 0 bridgehead atoms. The number of fused-ring (bicyclic) bond motifs is 1. The molecule has 1 unspecified atom stereocenters. The summed E-state index contributed by atoms with van der Waals surface area (Å²) in [5.41, 5.74) is 1.47. The Bertz CT molecular complexity index is 927. The molecule has 0 saturated carbocycles. The van der Waals surface area contributed by atoms with Gasteiger partial charge in [-0.15, -0.1) is 11.3 Å². The van der Waals surface area contributed by atoms with E-state index >= 15 is 0 Å². The molecule has 3 N–H and O–H groups in total. The summed E-state index contributed by atoms with van der Waals surface area (Å²) < 4.78 is 10.3. The van der Waals surface area contributed by atoms with Gasteiger partial charge < -0.3 is 24.9 Å². The maximum absolute atomic E-state index is 12.2. The topological polar surface area (TPSA) is 125 Å². The van der Waals surface area contributed by atoms with E-state index in [2.05, 4.69) is 16.7 Å². The lowest BCUT2D eigenvalue weighted by molar-refractivity contribution is -0.111. The van der Waals surface area contributed by atoms with E-state index in [-0.39, 0.29) is 31.6 Å². The fourth-order valence-electron chi connectivity index (χ4n) is 3.10. The van der Waals surface area contributed by atoms with Gasteiger partial charge in [0.2, 0.25) is 5.91 Å².